The molecule has 0 aromatic heterocycles. The van der Waals surface area contributed by atoms with E-state index in [0.29, 0.717) is 25.2 Å². The number of para-hydroxylation sites is 1. The van der Waals surface area contributed by atoms with Crippen molar-refractivity contribution in [2.75, 3.05) is 20.2 Å². The van der Waals surface area contributed by atoms with Crippen molar-refractivity contribution < 1.29 is 18.3 Å². The van der Waals surface area contributed by atoms with Crippen LogP contribution in [-0.2, 0) is 16.4 Å². The van der Waals surface area contributed by atoms with Gasteiger partial charge in [-0.1, -0.05) is 37.8 Å². The van der Waals surface area contributed by atoms with Crippen LogP contribution in [0.2, 0.25) is 0 Å². The molecule has 0 bridgehead atoms. The average molecular weight is 339 g/mol. The van der Waals surface area contributed by atoms with Crippen LogP contribution in [0.15, 0.2) is 23.1 Å². The fraction of sp³-hybridized carbons (Fsp3) is 0.647. The Balaban J connectivity index is 1.83. The van der Waals surface area contributed by atoms with Gasteiger partial charge in [-0.15, -0.1) is 0 Å². The summed E-state index contributed by atoms with van der Waals surface area (Å²) in [5.41, 5.74) is 0.0181. The van der Waals surface area contributed by atoms with E-state index in [-0.39, 0.29) is 11.4 Å². The van der Waals surface area contributed by atoms with Crippen molar-refractivity contribution in [3.8, 4) is 5.75 Å². The topological polar surface area (TPSA) is 66.8 Å². The molecular formula is C17H25NO4S. The zero-order chi connectivity index (χ0) is 16.5. The van der Waals surface area contributed by atoms with Crippen molar-refractivity contribution in [2.45, 2.75) is 55.4 Å². The fourth-order valence-electron chi connectivity index (χ4n) is 3.60. The summed E-state index contributed by atoms with van der Waals surface area (Å²) in [6.07, 6.45) is 6.19. The lowest BCUT2D eigenvalue weighted by molar-refractivity contribution is 0.0120. The molecule has 1 aromatic carbocycles. The van der Waals surface area contributed by atoms with Crippen LogP contribution in [0.25, 0.3) is 0 Å². The van der Waals surface area contributed by atoms with Crippen LogP contribution in [0, 0.1) is 0 Å². The first-order chi connectivity index (χ1) is 10.9. The van der Waals surface area contributed by atoms with Gasteiger partial charge in [0.15, 0.2) is 0 Å². The van der Waals surface area contributed by atoms with Crippen LogP contribution in [0.3, 0.4) is 0 Å². The van der Waals surface area contributed by atoms with Gasteiger partial charge in [0.1, 0.15) is 10.6 Å². The van der Waals surface area contributed by atoms with Crippen molar-refractivity contribution in [1.29, 1.82) is 0 Å². The van der Waals surface area contributed by atoms with E-state index in [1.165, 1.54) is 4.31 Å². The predicted octanol–water partition coefficient (Wildman–Crippen LogP) is 2.33. The molecule has 1 aliphatic carbocycles. The van der Waals surface area contributed by atoms with Gasteiger partial charge in [0.25, 0.3) is 0 Å². The monoisotopic (exact) mass is 339 g/mol. The van der Waals surface area contributed by atoms with Crippen LogP contribution < -0.4 is 4.74 Å². The zero-order valence-corrected chi connectivity index (χ0v) is 14.4. The van der Waals surface area contributed by atoms with Crippen molar-refractivity contribution in [3.63, 3.8) is 0 Å². The van der Waals surface area contributed by atoms with Gasteiger partial charge in [-0.2, -0.15) is 4.31 Å². The number of rotatable bonds is 4. The van der Waals surface area contributed by atoms with E-state index in [0.717, 1.165) is 37.7 Å². The third-order valence-electron chi connectivity index (χ3n) is 4.92. The lowest BCUT2D eigenvalue weighted by Crippen LogP contribution is -2.43. The molecule has 1 heterocycles. The summed E-state index contributed by atoms with van der Waals surface area (Å²) in [5, 5.41) is 10.8. The standard InChI is InChI=1S/C17H25NO4S/c1-18(13-17(19)10-4-2-3-5-11-17)23(20,21)15-8-6-7-14-9-12-22-16(14)15/h6-8,19H,2-5,9-13H2,1H3. The molecule has 1 aliphatic heterocycles. The molecule has 2 aliphatic rings. The highest BCUT2D eigenvalue weighted by Gasteiger charge is 2.35. The van der Waals surface area contributed by atoms with Gasteiger partial charge < -0.3 is 9.84 Å². The third kappa shape index (κ3) is 3.39. The van der Waals surface area contributed by atoms with E-state index < -0.39 is 15.6 Å². The van der Waals surface area contributed by atoms with Crippen LogP contribution in [-0.4, -0.2) is 43.6 Å². The van der Waals surface area contributed by atoms with E-state index in [9.17, 15) is 13.5 Å². The van der Waals surface area contributed by atoms with E-state index in [1.807, 2.05) is 6.07 Å². The minimum atomic E-state index is -3.67. The van der Waals surface area contributed by atoms with Gasteiger partial charge in [0.2, 0.25) is 10.0 Å². The second kappa shape index (κ2) is 6.42. The Kier molecular flexibility index (Phi) is 4.67. The molecule has 1 fully saturated rings. The molecule has 0 unspecified atom stereocenters. The molecule has 1 N–H and O–H groups in total. The molecule has 3 rings (SSSR count). The quantitative estimate of drug-likeness (QED) is 0.855. The minimum absolute atomic E-state index is 0.138. The van der Waals surface area contributed by atoms with Crippen LogP contribution >= 0.6 is 0 Å². The highest BCUT2D eigenvalue weighted by atomic mass is 32.2. The van der Waals surface area contributed by atoms with E-state index in [1.54, 1.807) is 19.2 Å². The largest absolute Gasteiger partial charge is 0.492 e. The second-order valence-corrected chi connectivity index (χ2v) is 8.76. The lowest BCUT2D eigenvalue weighted by atomic mass is 9.95. The van der Waals surface area contributed by atoms with Crippen LogP contribution in [0.1, 0.15) is 44.1 Å². The number of hydrogen-bond acceptors (Lipinski definition) is 4. The van der Waals surface area contributed by atoms with Gasteiger partial charge in [-0.25, -0.2) is 8.42 Å². The number of hydrogen-bond donors (Lipinski definition) is 1. The van der Waals surface area contributed by atoms with Gasteiger partial charge in [-0.05, 0) is 24.5 Å². The molecule has 0 saturated heterocycles. The molecule has 128 valence electrons. The molecule has 23 heavy (non-hydrogen) atoms. The summed E-state index contributed by atoms with van der Waals surface area (Å²) in [7, 11) is -2.12. The normalized spacial score (nSPS) is 20.8. The highest BCUT2D eigenvalue weighted by molar-refractivity contribution is 7.89. The number of nitrogens with zero attached hydrogens (tertiary/aromatic N) is 1. The molecule has 1 saturated carbocycles. The molecule has 0 spiro atoms. The number of sulfonamides is 1. The Morgan fingerprint density at radius 2 is 1.91 bits per heavy atom. The molecule has 0 atom stereocenters. The number of ether oxygens (including phenoxy) is 1. The summed E-state index contributed by atoms with van der Waals surface area (Å²) in [5.74, 6) is 0.479. The summed E-state index contributed by atoms with van der Waals surface area (Å²) >= 11 is 0. The summed E-state index contributed by atoms with van der Waals surface area (Å²) in [6, 6.07) is 5.25. The van der Waals surface area contributed by atoms with Gasteiger partial charge in [-0.3, -0.25) is 0 Å². The minimum Gasteiger partial charge on any atom is -0.492 e. The average Bonchev–Trinajstić information content (AvgIpc) is 2.89. The summed E-state index contributed by atoms with van der Waals surface area (Å²) < 4.78 is 32.7. The highest BCUT2D eigenvalue weighted by Crippen LogP contribution is 2.35. The molecular weight excluding hydrogens is 314 g/mol. The maximum atomic E-state index is 12.9. The number of aliphatic hydroxyl groups is 1. The van der Waals surface area contributed by atoms with Gasteiger partial charge >= 0.3 is 0 Å². The Morgan fingerprint density at radius 3 is 2.61 bits per heavy atom. The van der Waals surface area contributed by atoms with Gasteiger partial charge in [0, 0.05) is 20.0 Å². The Morgan fingerprint density at radius 1 is 1.22 bits per heavy atom. The molecule has 6 heteroatoms. The smallest absolute Gasteiger partial charge is 0.246 e. The van der Waals surface area contributed by atoms with Crippen molar-refractivity contribution in [1.82, 2.24) is 4.31 Å². The molecule has 0 radical (unpaired) electrons. The Hall–Kier alpha value is -1.11. The molecule has 0 amide bonds. The predicted molar refractivity (Wildman–Crippen MR) is 88.1 cm³/mol. The number of benzene rings is 1. The fourth-order valence-corrected chi connectivity index (χ4v) is 5.02. The first-order valence-corrected chi connectivity index (χ1v) is 9.80. The summed E-state index contributed by atoms with van der Waals surface area (Å²) in [4.78, 5) is 0.215. The zero-order valence-electron chi connectivity index (χ0n) is 13.6. The lowest BCUT2D eigenvalue weighted by Gasteiger charge is -2.31. The number of fused-ring (bicyclic) bond motifs is 1. The Labute approximate surface area is 138 Å². The first kappa shape index (κ1) is 16.7. The first-order valence-electron chi connectivity index (χ1n) is 8.36. The van der Waals surface area contributed by atoms with Crippen LogP contribution in [0.5, 0.6) is 5.75 Å². The van der Waals surface area contributed by atoms with Crippen molar-refractivity contribution in [3.05, 3.63) is 23.8 Å². The van der Waals surface area contributed by atoms with Gasteiger partial charge in [0.05, 0.1) is 12.2 Å². The second-order valence-electron chi connectivity index (χ2n) is 6.74. The third-order valence-corrected chi connectivity index (χ3v) is 6.74. The van der Waals surface area contributed by atoms with E-state index >= 15 is 0 Å². The van der Waals surface area contributed by atoms with Crippen molar-refractivity contribution in [2.24, 2.45) is 0 Å². The van der Waals surface area contributed by atoms with Crippen LogP contribution in [0.4, 0.5) is 0 Å². The summed E-state index contributed by atoms with van der Waals surface area (Å²) in [6.45, 7) is 0.661. The molecule has 1 aromatic rings. The van der Waals surface area contributed by atoms with E-state index in [2.05, 4.69) is 0 Å². The number of likely N-dealkylation sites (N-methyl/N-ethyl adjacent to an activating group) is 1. The SMILES string of the molecule is CN(CC1(O)CCCCCC1)S(=O)(=O)c1cccc2c1OCC2. The maximum absolute atomic E-state index is 12.9. The van der Waals surface area contributed by atoms with E-state index in [4.69, 9.17) is 4.74 Å². The molecule has 5 nitrogen and oxygen atoms in total. The maximum Gasteiger partial charge on any atom is 0.246 e. The Bertz CT molecular complexity index is 663. The van der Waals surface area contributed by atoms with Crippen molar-refractivity contribution >= 4 is 10.0 Å².